The summed E-state index contributed by atoms with van der Waals surface area (Å²) in [4.78, 5) is 21.8. The normalized spacial score (nSPS) is 16.0. The minimum absolute atomic E-state index is 0.130. The Balaban J connectivity index is 4.65. The van der Waals surface area contributed by atoms with E-state index in [0.29, 0.717) is 6.42 Å². The summed E-state index contributed by atoms with van der Waals surface area (Å²) in [5, 5.41) is 9.79. The first-order valence-corrected chi connectivity index (χ1v) is 17.0. The third kappa shape index (κ3) is 20.6. The Hall–Kier alpha value is -0.0700. The first kappa shape index (κ1) is 34.9. The fourth-order valence-electron chi connectivity index (χ4n) is 4.07. The van der Waals surface area contributed by atoms with Crippen molar-refractivity contribution in [3.63, 3.8) is 0 Å². The lowest BCUT2D eigenvalue weighted by atomic mass is 10.1. The predicted molar refractivity (Wildman–Crippen MR) is 150 cm³/mol. The van der Waals surface area contributed by atoms with Crippen LogP contribution < -0.4 is 0 Å². The maximum Gasteiger partial charge on any atom is 0.333 e. The third-order valence-electron chi connectivity index (χ3n) is 6.24. The van der Waals surface area contributed by atoms with Crippen molar-refractivity contribution < 1.29 is 28.6 Å². The van der Waals surface area contributed by atoms with Gasteiger partial charge in [0.15, 0.2) is 6.10 Å². The van der Waals surface area contributed by atoms with E-state index in [4.69, 9.17) is 9.26 Å². The van der Waals surface area contributed by atoms with Crippen LogP contribution in [-0.2, 0) is 18.6 Å². The van der Waals surface area contributed by atoms with Crippen LogP contribution in [-0.4, -0.2) is 51.9 Å². The van der Waals surface area contributed by atoms with Crippen LogP contribution >= 0.6 is 19.4 Å². The minimum atomic E-state index is -4.00. The fourth-order valence-corrected chi connectivity index (χ4v) is 6.65. The summed E-state index contributed by atoms with van der Waals surface area (Å²) < 4.78 is 23.1. The minimum Gasteiger partial charge on any atom is -0.479 e. The summed E-state index contributed by atoms with van der Waals surface area (Å²) in [5.74, 6) is -0.171. The predicted octanol–water partition coefficient (Wildman–Crippen LogP) is 8.45. The van der Waals surface area contributed by atoms with E-state index in [-0.39, 0.29) is 18.0 Å². The van der Waals surface area contributed by atoms with Gasteiger partial charge in [-0.25, -0.2) is 4.79 Å². The van der Waals surface area contributed by atoms with Crippen molar-refractivity contribution in [2.75, 3.05) is 18.5 Å². The topological polar surface area (TPSA) is 93.1 Å². The van der Waals surface area contributed by atoms with Crippen molar-refractivity contribution in [2.45, 2.75) is 148 Å². The molecule has 0 rings (SSSR count). The van der Waals surface area contributed by atoms with Gasteiger partial charge in [-0.05, 0) is 31.9 Å². The Kier molecular flexibility index (Phi) is 23.0. The Morgan fingerprint density at radius 2 is 1.34 bits per heavy atom. The van der Waals surface area contributed by atoms with Gasteiger partial charge < -0.3 is 19.3 Å². The molecule has 0 radical (unpaired) electrons. The van der Waals surface area contributed by atoms with Crippen molar-refractivity contribution >= 4 is 25.3 Å². The van der Waals surface area contributed by atoms with Crippen molar-refractivity contribution in [2.24, 2.45) is 0 Å². The summed E-state index contributed by atoms with van der Waals surface area (Å²) in [6.07, 6.45) is 17.0. The van der Waals surface area contributed by atoms with Crippen LogP contribution in [0.2, 0.25) is 0 Å². The van der Waals surface area contributed by atoms with Crippen molar-refractivity contribution in [3.8, 4) is 0 Å². The van der Waals surface area contributed by atoms with Crippen molar-refractivity contribution in [1.29, 1.82) is 0 Å². The molecule has 4 unspecified atom stereocenters. The number of carboxylic acids is 1. The average molecular weight is 539 g/mol. The van der Waals surface area contributed by atoms with Gasteiger partial charge in [0.1, 0.15) is 0 Å². The summed E-state index contributed by atoms with van der Waals surface area (Å²) in [5.41, 5.74) is 0. The van der Waals surface area contributed by atoms with E-state index in [0.717, 1.165) is 25.0 Å². The first-order valence-electron chi connectivity index (χ1n) is 14.2. The molecule has 0 aromatic carbocycles. The maximum atomic E-state index is 12.3. The highest BCUT2D eigenvalue weighted by molar-refractivity contribution is 7.99. The second-order valence-corrected chi connectivity index (χ2v) is 13.0. The van der Waals surface area contributed by atoms with Crippen LogP contribution in [0, 0.1) is 0 Å². The molecule has 8 heteroatoms. The van der Waals surface area contributed by atoms with Crippen LogP contribution in [0.15, 0.2) is 0 Å². The molecule has 4 atom stereocenters. The van der Waals surface area contributed by atoms with Gasteiger partial charge in [-0.2, -0.15) is 11.8 Å². The lowest BCUT2D eigenvalue weighted by Gasteiger charge is -2.27. The molecule has 0 aliphatic carbocycles. The van der Waals surface area contributed by atoms with Gasteiger partial charge in [0.05, 0.1) is 18.9 Å². The molecule has 210 valence electrons. The van der Waals surface area contributed by atoms with Crippen molar-refractivity contribution in [3.05, 3.63) is 0 Å². The molecular weight excluding hydrogens is 483 g/mol. The quantitative estimate of drug-likeness (QED) is 0.0843. The van der Waals surface area contributed by atoms with E-state index in [1.54, 1.807) is 0 Å². The number of thioether (sulfide) groups is 1. The van der Waals surface area contributed by atoms with Crippen LogP contribution in [0.1, 0.15) is 130 Å². The molecule has 0 aromatic heterocycles. The number of carboxylic acid groups (broad SMARTS) is 1. The van der Waals surface area contributed by atoms with E-state index >= 15 is 0 Å². The standard InChI is InChI=1S/C27H55O6PS/c1-5-8-10-12-13-14-15-17-19-22-35-26(20-18-16-11-9-6-2)24(4)33-25(27(28)29)23-34(30,31)32-21-7-3/h24-26H,5-23H2,1-4H3,(H,28,29)(H,30,31). The van der Waals surface area contributed by atoms with Gasteiger partial charge in [-0.1, -0.05) is 104 Å². The lowest BCUT2D eigenvalue weighted by molar-refractivity contribution is -0.152. The molecule has 35 heavy (non-hydrogen) atoms. The highest BCUT2D eigenvalue weighted by Crippen LogP contribution is 2.43. The monoisotopic (exact) mass is 538 g/mol. The second-order valence-electron chi connectivity index (χ2n) is 9.76. The van der Waals surface area contributed by atoms with E-state index in [9.17, 15) is 19.4 Å². The van der Waals surface area contributed by atoms with E-state index in [1.807, 2.05) is 25.6 Å². The SMILES string of the molecule is CCCCCCCCCCCSC(CCCCCCC)C(C)OC(CP(=O)(O)OCCC)C(=O)O. The zero-order valence-corrected chi connectivity index (χ0v) is 24.8. The Morgan fingerprint density at radius 1 is 0.829 bits per heavy atom. The molecule has 2 N–H and O–H groups in total. The lowest BCUT2D eigenvalue weighted by Crippen LogP contribution is -2.36. The zero-order chi connectivity index (χ0) is 26.4. The van der Waals surface area contributed by atoms with E-state index in [1.165, 1.54) is 77.0 Å². The van der Waals surface area contributed by atoms with Crippen LogP contribution in [0.25, 0.3) is 0 Å². The average Bonchev–Trinajstić information content (AvgIpc) is 2.81. The summed E-state index contributed by atoms with van der Waals surface area (Å²) in [7, 11) is -4.00. The summed E-state index contributed by atoms with van der Waals surface area (Å²) in [6, 6.07) is 0. The van der Waals surface area contributed by atoms with Gasteiger partial charge >= 0.3 is 13.6 Å². The highest BCUT2D eigenvalue weighted by Gasteiger charge is 2.33. The number of aliphatic carboxylic acids is 1. The molecule has 0 aromatic rings. The Bertz CT molecular complexity index is 548. The summed E-state index contributed by atoms with van der Waals surface area (Å²) in [6.45, 7) is 8.33. The van der Waals surface area contributed by atoms with E-state index < -0.39 is 25.8 Å². The molecule has 0 saturated heterocycles. The highest BCUT2D eigenvalue weighted by atomic mass is 32.2. The van der Waals surface area contributed by atoms with Crippen molar-refractivity contribution in [1.82, 2.24) is 0 Å². The molecule has 0 bridgehead atoms. The van der Waals surface area contributed by atoms with Gasteiger partial charge in [0, 0.05) is 5.25 Å². The molecule has 0 aliphatic heterocycles. The maximum absolute atomic E-state index is 12.3. The number of hydrogen-bond donors (Lipinski definition) is 2. The number of rotatable bonds is 26. The number of hydrogen-bond acceptors (Lipinski definition) is 5. The third-order valence-corrected chi connectivity index (χ3v) is 9.19. The largest absolute Gasteiger partial charge is 0.479 e. The molecule has 0 aliphatic rings. The number of carbonyl (C=O) groups is 1. The smallest absolute Gasteiger partial charge is 0.333 e. The molecule has 0 heterocycles. The molecule has 0 fully saturated rings. The van der Waals surface area contributed by atoms with E-state index in [2.05, 4.69) is 13.8 Å². The second kappa shape index (κ2) is 23.1. The van der Waals surface area contributed by atoms with Gasteiger partial charge in [0.2, 0.25) is 0 Å². The van der Waals surface area contributed by atoms with Crippen LogP contribution in [0.4, 0.5) is 0 Å². The van der Waals surface area contributed by atoms with Crippen LogP contribution in [0.5, 0.6) is 0 Å². The Labute approximate surface area is 220 Å². The molecule has 0 spiro atoms. The first-order chi connectivity index (χ1) is 16.8. The molecular formula is C27H55O6PS. The molecule has 6 nitrogen and oxygen atoms in total. The number of ether oxygens (including phenoxy) is 1. The number of unbranched alkanes of at least 4 members (excludes halogenated alkanes) is 12. The summed E-state index contributed by atoms with van der Waals surface area (Å²) >= 11 is 1.87. The molecule has 0 amide bonds. The van der Waals surface area contributed by atoms with Gasteiger partial charge in [0.25, 0.3) is 0 Å². The van der Waals surface area contributed by atoms with Gasteiger partial charge in [-0.15, -0.1) is 0 Å². The Morgan fingerprint density at radius 3 is 1.86 bits per heavy atom. The van der Waals surface area contributed by atoms with Crippen LogP contribution in [0.3, 0.4) is 0 Å². The molecule has 0 saturated carbocycles. The van der Waals surface area contributed by atoms with Gasteiger partial charge in [-0.3, -0.25) is 4.57 Å². The fraction of sp³-hybridized carbons (Fsp3) is 0.963. The zero-order valence-electron chi connectivity index (χ0n) is 23.0.